The van der Waals surface area contributed by atoms with Gasteiger partial charge in [0.1, 0.15) is 0 Å². The minimum Gasteiger partial charge on any atom is -0.351 e. The maximum Gasteiger partial charge on any atom is 0.319 e. The van der Waals surface area contributed by atoms with E-state index in [4.69, 9.17) is 11.5 Å². The van der Waals surface area contributed by atoms with Gasteiger partial charge >= 0.3 is 6.03 Å². The number of para-hydroxylation sites is 1. The molecule has 0 aliphatic heterocycles. The standard InChI is InChI=1S/C14H21N3O/c1-17(13(16)18)12-7-3-2-6-11(12)14(10-15)8-4-5-9-14/h2-3,6-7H,4-5,8-10,15H2,1H3,(H2,16,18). The summed E-state index contributed by atoms with van der Waals surface area (Å²) in [6.45, 7) is 0.622. The molecule has 18 heavy (non-hydrogen) atoms. The molecule has 0 heterocycles. The number of anilines is 1. The number of benzene rings is 1. The van der Waals surface area contributed by atoms with Crippen molar-refractivity contribution in [2.45, 2.75) is 31.1 Å². The van der Waals surface area contributed by atoms with Gasteiger partial charge in [-0.05, 0) is 24.5 Å². The molecular weight excluding hydrogens is 226 g/mol. The third-order valence-corrected chi connectivity index (χ3v) is 4.12. The van der Waals surface area contributed by atoms with Gasteiger partial charge in [-0.15, -0.1) is 0 Å². The highest BCUT2D eigenvalue weighted by molar-refractivity contribution is 5.91. The Bertz CT molecular complexity index is 438. The number of amides is 2. The van der Waals surface area contributed by atoms with E-state index >= 15 is 0 Å². The van der Waals surface area contributed by atoms with Crippen LogP contribution in [0.25, 0.3) is 0 Å². The number of urea groups is 1. The Labute approximate surface area is 108 Å². The van der Waals surface area contributed by atoms with Crippen LogP contribution in [-0.2, 0) is 5.41 Å². The SMILES string of the molecule is CN(C(N)=O)c1ccccc1C1(CN)CCCC1. The van der Waals surface area contributed by atoms with Crippen LogP contribution in [0.1, 0.15) is 31.2 Å². The lowest BCUT2D eigenvalue weighted by Crippen LogP contribution is -2.37. The molecule has 1 aromatic carbocycles. The van der Waals surface area contributed by atoms with E-state index < -0.39 is 6.03 Å². The molecule has 0 radical (unpaired) electrons. The molecule has 1 aromatic rings. The van der Waals surface area contributed by atoms with Gasteiger partial charge in [0.15, 0.2) is 0 Å². The van der Waals surface area contributed by atoms with Crippen LogP contribution in [0.15, 0.2) is 24.3 Å². The minimum atomic E-state index is -0.437. The Morgan fingerprint density at radius 3 is 2.50 bits per heavy atom. The number of carbonyl (C=O) groups excluding carboxylic acids is 1. The number of rotatable bonds is 3. The topological polar surface area (TPSA) is 72.3 Å². The number of hydrogen-bond donors (Lipinski definition) is 2. The molecule has 0 aromatic heterocycles. The first kappa shape index (κ1) is 12.9. The van der Waals surface area contributed by atoms with Crippen molar-refractivity contribution in [1.82, 2.24) is 0 Å². The van der Waals surface area contributed by atoms with E-state index in [0.717, 1.165) is 24.1 Å². The maximum absolute atomic E-state index is 11.4. The fraction of sp³-hybridized carbons (Fsp3) is 0.500. The van der Waals surface area contributed by atoms with Gasteiger partial charge in [-0.25, -0.2) is 4.79 Å². The van der Waals surface area contributed by atoms with Gasteiger partial charge in [-0.1, -0.05) is 31.0 Å². The number of primary amides is 1. The lowest BCUT2D eigenvalue weighted by Gasteiger charge is -2.32. The van der Waals surface area contributed by atoms with Gasteiger partial charge in [0.05, 0.1) is 0 Å². The summed E-state index contributed by atoms with van der Waals surface area (Å²) in [5.74, 6) is 0. The van der Waals surface area contributed by atoms with Gasteiger partial charge in [0, 0.05) is 24.7 Å². The van der Waals surface area contributed by atoms with Gasteiger partial charge in [-0.2, -0.15) is 0 Å². The van der Waals surface area contributed by atoms with Crippen LogP contribution >= 0.6 is 0 Å². The minimum absolute atomic E-state index is 0.0142. The van der Waals surface area contributed by atoms with Crippen molar-refractivity contribution >= 4 is 11.7 Å². The second kappa shape index (κ2) is 4.98. The first-order chi connectivity index (χ1) is 8.60. The Hall–Kier alpha value is -1.55. The fourth-order valence-electron chi connectivity index (χ4n) is 2.97. The maximum atomic E-state index is 11.4. The van der Waals surface area contributed by atoms with Crippen LogP contribution in [0.3, 0.4) is 0 Å². The molecule has 98 valence electrons. The zero-order valence-electron chi connectivity index (χ0n) is 10.9. The van der Waals surface area contributed by atoms with Crippen LogP contribution in [0.4, 0.5) is 10.5 Å². The quantitative estimate of drug-likeness (QED) is 0.857. The number of hydrogen-bond acceptors (Lipinski definition) is 2. The van der Waals surface area contributed by atoms with Crippen LogP contribution in [0.5, 0.6) is 0 Å². The smallest absolute Gasteiger partial charge is 0.319 e. The fourth-order valence-corrected chi connectivity index (χ4v) is 2.97. The summed E-state index contributed by atoms with van der Waals surface area (Å²) in [7, 11) is 1.71. The van der Waals surface area contributed by atoms with Crippen LogP contribution in [0, 0.1) is 0 Å². The van der Waals surface area contributed by atoms with E-state index in [1.54, 1.807) is 7.05 Å². The molecule has 0 unspecified atom stereocenters. The van der Waals surface area contributed by atoms with Crippen molar-refractivity contribution in [3.8, 4) is 0 Å². The summed E-state index contributed by atoms with van der Waals surface area (Å²) in [6, 6.07) is 7.51. The largest absolute Gasteiger partial charge is 0.351 e. The normalized spacial score (nSPS) is 17.7. The van der Waals surface area contributed by atoms with Gasteiger partial charge in [0.2, 0.25) is 0 Å². The van der Waals surface area contributed by atoms with Crippen molar-refractivity contribution in [2.24, 2.45) is 11.5 Å². The predicted octanol–water partition coefficient (Wildman–Crippen LogP) is 1.97. The zero-order chi connectivity index (χ0) is 13.2. The zero-order valence-corrected chi connectivity index (χ0v) is 10.9. The molecule has 2 amide bonds. The van der Waals surface area contributed by atoms with Crippen LogP contribution < -0.4 is 16.4 Å². The van der Waals surface area contributed by atoms with E-state index in [1.165, 1.54) is 17.7 Å². The third-order valence-electron chi connectivity index (χ3n) is 4.12. The molecule has 0 atom stereocenters. The van der Waals surface area contributed by atoms with E-state index in [1.807, 2.05) is 18.2 Å². The number of nitrogens with zero attached hydrogens (tertiary/aromatic N) is 1. The lowest BCUT2D eigenvalue weighted by atomic mass is 9.78. The van der Waals surface area contributed by atoms with E-state index in [2.05, 4.69) is 6.07 Å². The average Bonchev–Trinajstić information content (AvgIpc) is 2.87. The molecule has 0 spiro atoms. The predicted molar refractivity (Wildman–Crippen MR) is 73.6 cm³/mol. The van der Waals surface area contributed by atoms with Crippen molar-refractivity contribution in [3.05, 3.63) is 29.8 Å². The van der Waals surface area contributed by atoms with Gasteiger partial charge in [0.25, 0.3) is 0 Å². The molecule has 0 bridgehead atoms. The second-order valence-electron chi connectivity index (χ2n) is 5.11. The summed E-state index contributed by atoms with van der Waals surface area (Å²) >= 11 is 0. The number of carbonyl (C=O) groups is 1. The summed E-state index contributed by atoms with van der Waals surface area (Å²) < 4.78 is 0. The van der Waals surface area contributed by atoms with Gasteiger partial charge in [-0.3, -0.25) is 4.90 Å². The Balaban J connectivity index is 2.47. The highest BCUT2D eigenvalue weighted by Gasteiger charge is 2.36. The Kier molecular flexibility index (Phi) is 3.57. The van der Waals surface area contributed by atoms with Crippen molar-refractivity contribution in [1.29, 1.82) is 0 Å². The van der Waals surface area contributed by atoms with E-state index in [-0.39, 0.29) is 5.41 Å². The molecule has 1 fully saturated rings. The highest BCUT2D eigenvalue weighted by Crippen LogP contribution is 2.43. The first-order valence-corrected chi connectivity index (χ1v) is 6.43. The molecule has 4 heteroatoms. The molecule has 1 saturated carbocycles. The monoisotopic (exact) mass is 247 g/mol. The average molecular weight is 247 g/mol. The van der Waals surface area contributed by atoms with E-state index in [0.29, 0.717) is 6.54 Å². The molecule has 1 aliphatic carbocycles. The number of nitrogens with two attached hydrogens (primary N) is 2. The molecule has 1 aliphatic rings. The summed E-state index contributed by atoms with van der Waals surface area (Å²) in [5, 5.41) is 0. The Morgan fingerprint density at radius 1 is 1.33 bits per heavy atom. The Morgan fingerprint density at radius 2 is 1.94 bits per heavy atom. The lowest BCUT2D eigenvalue weighted by molar-refractivity contribution is 0.255. The van der Waals surface area contributed by atoms with Crippen molar-refractivity contribution in [3.63, 3.8) is 0 Å². The van der Waals surface area contributed by atoms with Gasteiger partial charge < -0.3 is 11.5 Å². The van der Waals surface area contributed by atoms with Crippen LogP contribution in [-0.4, -0.2) is 19.6 Å². The summed E-state index contributed by atoms with van der Waals surface area (Å²) in [6.07, 6.45) is 4.58. The van der Waals surface area contributed by atoms with Crippen LogP contribution in [0.2, 0.25) is 0 Å². The van der Waals surface area contributed by atoms with E-state index in [9.17, 15) is 4.79 Å². The van der Waals surface area contributed by atoms with Crippen molar-refractivity contribution < 1.29 is 4.79 Å². The molecule has 0 saturated heterocycles. The second-order valence-corrected chi connectivity index (χ2v) is 5.11. The molecule has 4 nitrogen and oxygen atoms in total. The molecular formula is C14H21N3O. The van der Waals surface area contributed by atoms with Crippen molar-refractivity contribution in [2.75, 3.05) is 18.5 Å². The summed E-state index contributed by atoms with van der Waals surface area (Å²) in [5.41, 5.74) is 13.4. The molecule has 4 N–H and O–H groups in total. The molecule has 2 rings (SSSR count). The summed E-state index contributed by atoms with van der Waals surface area (Å²) in [4.78, 5) is 12.9. The highest BCUT2D eigenvalue weighted by atomic mass is 16.2. The third kappa shape index (κ3) is 2.08. The first-order valence-electron chi connectivity index (χ1n) is 6.43.